The molecular weight excluding hydrogens is 272 g/mol. The highest BCUT2D eigenvalue weighted by Crippen LogP contribution is 2.14. The summed E-state index contributed by atoms with van der Waals surface area (Å²) in [6, 6.07) is 6.35. The van der Waals surface area contributed by atoms with E-state index >= 15 is 0 Å². The summed E-state index contributed by atoms with van der Waals surface area (Å²) in [5.74, 6) is 6.95. The maximum Gasteiger partial charge on any atom is 0.238 e. The fraction of sp³-hybridized carbons (Fsp3) is 0.467. The van der Waals surface area contributed by atoms with E-state index < -0.39 is 10.0 Å². The predicted octanol–water partition coefficient (Wildman–Crippen LogP) is 1.42. The lowest BCUT2D eigenvalue weighted by atomic mass is 10.0. The van der Waals surface area contributed by atoms with Crippen LogP contribution in [-0.2, 0) is 10.0 Å². The Hall–Kier alpha value is -1.35. The standard InChI is InChI=1S/C15H20N2O2S/c1-13-4-2-10-17(12-13)11-3-5-14-6-8-15(9-7-14)20(16,18)19/h6-9,13H,2,4,10-12H2,1H3,(H2,16,18,19). The van der Waals surface area contributed by atoms with Crippen molar-refractivity contribution in [3.8, 4) is 11.8 Å². The van der Waals surface area contributed by atoms with Crippen molar-refractivity contribution >= 4 is 10.0 Å². The van der Waals surface area contributed by atoms with E-state index in [2.05, 4.69) is 23.7 Å². The Bertz CT molecular complexity index is 612. The van der Waals surface area contributed by atoms with Gasteiger partial charge in [0.05, 0.1) is 11.4 Å². The van der Waals surface area contributed by atoms with Crippen molar-refractivity contribution in [1.82, 2.24) is 4.90 Å². The Labute approximate surface area is 121 Å². The Morgan fingerprint density at radius 3 is 2.65 bits per heavy atom. The highest BCUT2D eigenvalue weighted by Gasteiger charge is 2.14. The first-order valence-corrected chi connectivity index (χ1v) is 8.34. The number of likely N-dealkylation sites (tertiary alicyclic amines) is 1. The lowest BCUT2D eigenvalue weighted by molar-refractivity contribution is 0.204. The van der Waals surface area contributed by atoms with Gasteiger partial charge in [-0.05, 0) is 49.6 Å². The molecule has 1 atom stereocenters. The van der Waals surface area contributed by atoms with Crippen molar-refractivity contribution in [2.75, 3.05) is 19.6 Å². The molecule has 1 saturated heterocycles. The Kier molecular flexibility index (Phi) is 4.81. The van der Waals surface area contributed by atoms with Crippen LogP contribution in [0.5, 0.6) is 0 Å². The van der Waals surface area contributed by atoms with Crippen LogP contribution < -0.4 is 5.14 Å². The van der Waals surface area contributed by atoms with Gasteiger partial charge in [-0.2, -0.15) is 0 Å². The van der Waals surface area contributed by atoms with E-state index in [4.69, 9.17) is 5.14 Å². The molecule has 1 aromatic carbocycles. The molecule has 2 N–H and O–H groups in total. The maximum atomic E-state index is 11.1. The lowest BCUT2D eigenvalue weighted by Gasteiger charge is -2.28. The van der Waals surface area contributed by atoms with Crippen molar-refractivity contribution in [2.24, 2.45) is 11.1 Å². The first-order valence-electron chi connectivity index (χ1n) is 6.79. The van der Waals surface area contributed by atoms with Gasteiger partial charge in [0.2, 0.25) is 10.0 Å². The van der Waals surface area contributed by atoms with E-state index in [-0.39, 0.29) is 4.90 Å². The van der Waals surface area contributed by atoms with Gasteiger partial charge in [-0.15, -0.1) is 0 Å². The fourth-order valence-electron chi connectivity index (χ4n) is 2.41. The van der Waals surface area contributed by atoms with Crippen molar-refractivity contribution in [2.45, 2.75) is 24.7 Å². The molecule has 20 heavy (non-hydrogen) atoms. The van der Waals surface area contributed by atoms with Crippen LogP contribution in [0.1, 0.15) is 25.3 Å². The number of hydrogen-bond donors (Lipinski definition) is 1. The maximum absolute atomic E-state index is 11.1. The first-order chi connectivity index (χ1) is 9.45. The summed E-state index contributed by atoms with van der Waals surface area (Å²) in [7, 11) is -3.62. The summed E-state index contributed by atoms with van der Waals surface area (Å²) in [6.07, 6.45) is 2.55. The summed E-state index contributed by atoms with van der Waals surface area (Å²) >= 11 is 0. The van der Waals surface area contributed by atoms with Gasteiger partial charge in [0.1, 0.15) is 0 Å². The van der Waals surface area contributed by atoms with E-state index in [1.54, 1.807) is 12.1 Å². The number of nitrogens with two attached hydrogens (primary N) is 1. The summed E-state index contributed by atoms with van der Waals surface area (Å²) in [6.45, 7) is 5.26. The van der Waals surface area contributed by atoms with Crippen LogP contribution >= 0.6 is 0 Å². The van der Waals surface area contributed by atoms with E-state index in [9.17, 15) is 8.42 Å². The zero-order valence-electron chi connectivity index (χ0n) is 11.7. The normalized spacial score (nSPS) is 20.2. The Balaban J connectivity index is 1.95. The van der Waals surface area contributed by atoms with Crippen molar-refractivity contribution in [1.29, 1.82) is 0 Å². The molecule has 1 aromatic rings. The number of primary sulfonamides is 1. The van der Waals surface area contributed by atoms with E-state index in [1.165, 1.54) is 25.0 Å². The number of nitrogens with zero attached hydrogens (tertiary/aromatic N) is 1. The molecule has 0 aromatic heterocycles. The quantitative estimate of drug-likeness (QED) is 0.839. The fourth-order valence-corrected chi connectivity index (χ4v) is 2.93. The molecule has 1 heterocycles. The van der Waals surface area contributed by atoms with Gasteiger partial charge in [0, 0.05) is 12.1 Å². The second kappa shape index (κ2) is 6.40. The molecule has 5 heteroatoms. The minimum absolute atomic E-state index is 0.118. The highest BCUT2D eigenvalue weighted by molar-refractivity contribution is 7.89. The number of rotatable bonds is 2. The molecule has 0 bridgehead atoms. The molecule has 1 aliphatic rings. The Morgan fingerprint density at radius 2 is 2.05 bits per heavy atom. The summed E-state index contributed by atoms with van der Waals surface area (Å²) < 4.78 is 22.3. The van der Waals surface area contributed by atoms with E-state index in [0.29, 0.717) is 0 Å². The van der Waals surface area contributed by atoms with Gasteiger partial charge in [0.25, 0.3) is 0 Å². The first kappa shape index (κ1) is 15.0. The highest BCUT2D eigenvalue weighted by atomic mass is 32.2. The minimum atomic E-state index is -3.62. The van der Waals surface area contributed by atoms with Crippen LogP contribution in [-0.4, -0.2) is 33.0 Å². The molecule has 0 radical (unpaired) electrons. The summed E-state index contributed by atoms with van der Waals surface area (Å²) in [5, 5.41) is 5.05. The van der Waals surface area contributed by atoms with Crippen LogP contribution in [0.3, 0.4) is 0 Å². The van der Waals surface area contributed by atoms with Crippen LogP contribution in [0, 0.1) is 17.8 Å². The van der Waals surface area contributed by atoms with Crippen molar-refractivity contribution in [3.05, 3.63) is 29.8 Å². The smallest absolute Gasteiger partial charge is 0.238 e. The van der Waals surface area contributed by atoms with Gasteiger partial charge >= 0.3 is 0 Å². The molecule has 2 rings (SSSR count). The number of hydrogen-bond acceptors (Lipinski definition) is 3. The molecule has 0 amide bonds. The minimum Gasteiger partial charge on any atom is -0.292 e. The average Bonchev–Trinajstić information content (AvgIpc) is 2.38. The topological polar surface area (TPSA) is 63.4 Å². The SMILES string of the molecule is CC1CCCN(CC#Cc2ccc(S(N)(=O)=O)cc2)C1. The number of benzene rings is 1. The predicted molar refractivity (Wildman–Crippen MR) is 79.5 cm³/mol. The molecule has 0 saturated carbocycles. The zero-order valence-corrected chi connectivity index (χ0v) is 12.5. The van der Waals surface area contributed by atoms with Gasteiger partial charge in [0.15, 0.2) is 0 Å². The van der Waals surface area contributed by atoms with Crippen molar-refractivity contribution in [3.63, 3.8) is 0 Å². The third kappa shape index (κ3) is 4.34. The molecule has 1 aliphatic heterocycles. The summed E-state index contributed by atoms with van der Waals surface area (Å²) in [5.41, 5.74) is 0.808. The number of sulfonamides is 1. The summed E-state index contributed by atoms with van der Waals surface area (Å²) in [4.78, 5) is 2.48. The monoisotopic (exact) mass is 292 g/mol. The lowest BCUT2D eigenvalue weighted by Crippen LogP contribution is -2.34. The third-order valence-corrected chi connectivity index (χ3v) is 4.39. The van der Waals surface area contributed by atoms with Crippen LogP contribution in [0.4, 0.5) is 0 Å². The number of piperidine rings is 1. The van der Waals surface area contributed by atoms with Crippen LogP contribution in [0.15, 0.2) is 29.2 Å². The second-order valence-electron chi connectivity index (χ2n) is 5.35. The van der Waals surface area contributed by atoms with Crippen LogP contribution in [0.2, 0.25) is 0 Å². The molecule has 108 valence electrons. The molecule has 1 unspecified atom stereocenters. The molecule has 4 nitrogen and oxygen atoms in total. The molecule has 0 aliphatic carbocycles. The molecule has 1 fully saturated rings. The molecular formula is C15H20N2O2S. The van der Waals surface area contributed by atoms with Crippen molar-refractivity contribution < 1.29 is 8.42 Å². The Morgan fingerprint density at radius 1 is 1.35 bits per heavy atom. The van der Waals surface area contributed by atoms with Crippen LogP contribution in [0.25, 0.3) is 0 Å². The molecule has 0 spiro atoms. The van der Waals surface area contributed by atoms with E-state index in [1.807, 2.05) is 0 Å². The van der Waals surface area contributed by atoms with Gasteiger partial charge in [-0.25, -0.2) is 13.6 Å². The third-order valence-electron chi connectivity index (χ3n) is 3.46. The average molecular weight is 292 g/mol. The van der Waals surface area contributed by atoms with Gasteiger partial charge in [-0.1, -0.05) is 18.8 Å². The van der Waals surface area contributed by atoms with Gasteiger partial charge in [-0.3, -0.25) is 4.90 Å². The van der Waals surface area contributed by atoms with Gasteiger partial charge < -0.3 is 0 Å². The van der Waals surface area contributed by atoms with E-state index in [0.717, 1.165) is 31.1 Å². The zero-order chi connectivity index (χ0) is 14.6. The second-order valence-corrected chi connectivity index (χ2v) is 6.92. The largest absolute Gasteiger partial charge is 0.292 e.